The number of hydrogen-bond donors (Lipinski definition) is 8. The summed E-state index contributed by atoms with van der Waals surface area (Å²) in [6.07, 6.45) is 1.87. The maximum absolute atomic E-state index is 12.6. The number of carbonyl (C=O) groups excluding carboxylic acids is 3. The number of aliphatic hydroxyl groups excluding tert-OH is 1. The molecule has 4 atom stereocenters. The Hall–Kier alpha value is -2.77. The van der Waals surface area contributed by atoms with Gasteiger partial charge in [-0.2, -0.15) is 0 Å². The first-order chi connectivity index (χ1) is 15.2. The predicted molar refractivity (Wildman–Crippen MR) is 111 cm³/mol. The van der Waals surface area contributed by atoms with Crippen molar-refractivity contribution in [3.8, 4) is 0 Å². The Labute approximate surface area is 185 Å². The zero-order valence-electron chi connectivity index (χ0n) is 17.8. The standard InChI is InChI=1S/C19H33N5O8/c20-8-2-1-4-13(19(31)32)23-18(30)14(10-25)24-17(29)12(6-7-15(26)27)22-16(28)11-5-3-9-21-11/h11-14,21,25H,1-10,20H2,(H,22,28)(H,23,30)(H,24,29)(H,26,27)(H,31,32). The topological polar surface area (TPSA) is 220 Å². The Morgan fingerprint density at radius 2 is 1.59 bits per heavy atom. The Balaban J connectivity index is 2.77. The molecule has 3 amide bonds. The van der Waals surface area contributed by atoms with E-state index in [1.54, 1.807) is 0 Å². The van der Waals surface area contributed by atoms with Gasteiger partial charge in [0.2, 0.25) is 17.7 Å². The summed E-state index contributed by atoms with van der Waals surface area (Å²) < 4.78 is 0. The number of rotatable bonds is 15. The second-order valence-electron chi connectivity index (χ2n) is 7.57. The lowest BCUT2D eigenvalue weighted by Crippen LogP contribution is -2.58. The molecule has 0 aromatic rings. The summed E-state index contributed by atoms with van der Waals surface area (Å²) in [5.74, 6) is -4.68. The van der Waals surface area contributed by atoms with Crippen LogP contribution in [0.2, 0.25) is 0 Å². The van der Waals surface area contributed by atoms with Gasteiger partial charge in [0.25, 0.3) is 0 Å². The molecule has 9 N–H and O–H groups in total. The maximum atomic E-state index is 12.6. The summed E-state index contributed by atoms with van der Waals surface area (Å²) in [7, 11) is 0. The zero-order valence-corrected chi connectivity index (χ0v) is 17.8. The summed E-state index contributed by atoms with van der Waals surface area (Å²) in [5.41, 5.74) is 5.38. The van der Waals surface area contributed by atoms with Gasteiger partial charge in [-0.05, 0) is 51.6 Å². The monoisotopic (exact) mass is 459 g/mol. The minimum absolute atomic E-state index is 0.121. The van der Waals surface area contributed by atoms with Crippen molar-refractivity contribution in [3.05, 3.63) is 0 Å². The summed E-state index contributed by atoms with van der Waals surface area (Å²) in [5, 5.41) is 37.7. The van der Waals surface area contributed by atoms with Gasteiger partial charge in [0.05, 0.1) is 12.6 Å². The first-order valence-electron chi connectivity index (χ1n) is 10.6. The van der Waals surface area contributed by atoms with E-state index < -0.39 is 66.9 Å². The average Bonchev–Trinajstić information content (AvgIpc) is 3.28. The zero-order chi connectivity index (χ0) is 24.1. The van der Waals surface area contributed by atoms with Crippen molar-refractivity contribution in [1.82, 2.24) is 21.3 Å². The van der Waals surface area contributed by atoms with Crippen LogP contribution in [0.5, 0.6) is 0 Å². The molecule has 0 aliphatic carbocycles. The van der Waals surface area contributed by atoms with Crippen molar-refractivity contribution in [3.63, 3.8) is 0 Å². The van der Waals surface area contributed by atoms with E-state index in [2.05, 4.69) is 21.3 Å². The maximum Gasteiger partial charge on any atom is 0.326 e. The summed E-state index contributed by atoms with van der Waals surface area (Å²) in [6, 6.07) is -4.46. The van der Waals surface area contributed by atoms with Gasteiger partial charge in [0.1, 0.15) is 18.1 Å². The second-order valence-corrected chi connectivity index (χ2v) is 7.57. The molecule has 1 saturated heterocycles. The number of unbranched alkanes of at least 4 members (excludes halogenated alkanes) is 1. The molecule has 1 rings (SSSR count). The lowest BCUT2D eigenvalue weighted by Gasteiger charge is -2.24. The normalized spacial score (nSPS) is 18.2. The highest BCUT2D eigenvalue weighted by atomic mass is 16.4. The molecule has 1 fully saturated rings. The van der Waals surface area contributed by atoms with Crippen LogP contribution in [0, 0.1) is 0 Å². The van der Waals surface area contributed by atoms with E-state index in [9.17, 15) is 34.2 Å². The molecule has 182 valence electrons. The van der Waals surface area contributed by atoms with Gasteiger partial charge >= 0.3 is 11.9 Å². The lowest BCUT2D eigenvalue weighted by atomic mass is 10.1. The van der Waals surface area contributed by atoms with Gasteiger partial charge < -0.3 is 42.3 Å². The molecule has 0 spiro atoms. The molecule has 13 heteroatoms. The number of aliphatic hydroxyl groups is 1. The molecular weight excluding hydrogens is 426 g/mol. The van der Waals surface area contributed by atoms with E-state index in [4.69, 9.17) is 10.8 Å². The number of nitrogens with one attached hydrogen (secondary N) is 4. The Morgan fingerprint density at radius 3 is 2.12 bits per heavy atom. The fourth-order valence-corrected chi connectivity index (χ4v) is 3.21. The van der Waals surface area contributed by atoms with Gasteiger partial charge in [-0.3, -0.25) is 19.2 Å². The van der Waals surface area contributed by atoms with Crippen molar-refractivity contribution in [2.75, 3.05) is 19.7 Å². The molecular formula is C19H33N5O8. The number of carbonyl (C=O) groups is 5. The fraction of sp³-hybridized carbons (Fsp3) is 0.737. The molecule has 0 bridgehead atoms. The molecule has 1 aliphatic rings. The molecule has 0 aromatic heterocycles. The van der Waals surface area contributed by atoms with Gasteiger partial charge in [-0.15, -0.1) is 0 Å². The van der Waals surface area contributed by atoms with Crippen LogP contribution in [-0.4, -0.2) is 88.8 Å². The van der Waals surface area contributed by atoms with Gasteiger partial charge in [0.15, 0.2) is 0 Å². The lowest BCUT2D eigenvalue weighted by molar-refractivity contribution is -0.142. The summed E-state index contributed by atoms with van der Waals surface area (Å²) in [6.45, 7) is 0.193. The minimum Gasteiger partial charge on any atom is -0.481 e. The summed E-state index contributed by atoms with van der Waals surface area (Å²) >= 11 is 0. The van der Waals surface area contributed by atoms with E-state index in [0.29, 0.717) is 32.4 Å². The van der Waals surface area contributed by atoms with Crippen LogP contribution >= 0.6 is 0 Å². The number of nitrogens with two attached hydrogens (primary N) is 1. The Kier molecular flexibility index (Phi) is 12.2. The summed E-state index contributed by atoms with van der Waals surface area (Å²) in [4.78, 5) is 59.7. The van der Waals surface area contributed by atoms with Gasteiger partial charge in [-0.1, -0.05) is 0 Å². The third-order valence-electron chi connectivity index (χ3n) is 5.03. The smallest absolute Gasteiger partial charge is 0.326 e. The van der Waals surface area contributed by atoms with Gasteiger partial charge in [-0.25, -0.2) is 4.79 Å². The Bertz CT molecular complexity index is 668. The van der Waals surface area contributed by atoms with E-state index >= 15 is 0 Å². The van der Waals surface area contributed by atoms with Crippen LogP contribution in [0.15, 0.2) is 0 Å². The first kappa shape index (κ1) is 27.3. The molecule has 32 heavy (non-hydrogen) atoms. The SMILES string of the molecule is NCCCCC(NC(=O)C(CO)NC(=O)C(CCC(=O)O)NC(=O)C1CCCN1)C(=O)O. The third-order valence-corrected chi connectivity index (χ3v) is 5.03. The van der Waals surface area contributed by atoms with Crippen LogP contribution in [0.25, 0.3) is 0 Å². The van der Waals surface area contributed by atoms with Gasteiger partial charge in [0, 0.05) is 6.42 Å². The van der Waals surface area contributed by atoms with Crippen LogP contribution in [0.3, 0.4) is 0 Å². The molecule has 0 radical (unpaired) electrons. The second kappa shape index (κ2) is 14.3. The van der Waals surface area contributed by atoms with Crippen LogP contribution in [0.4, 0.5) is 0 Å². The van der Waals surface area contributed by atoms with E-state index in [0.717, 1.165) is 6.42 Å². The van der Waals surface area contributed by atoms with Crippen LogP contribution in [0.1, 0.15) is 44.9 Å². The Morgan fingerprint density at radius 1 is 0.938 bits per heavy atom. The number of carboxylic acids is 2. The number of aliphatic carboxylic acids is 2. The molecule has 0 saturated carbocycles. The highest BCUT2D eigenvalue weighted by Gasteiger charge is 2.31. The van der Waals surface area contributed by atoms with E-state index in [1.807, 2.05) is 0 Å². The highest BCUT2D eigenvalue weighted by molar-refractivity contribution is 5.94. The average molecular weight is 460 g/mol. The van der Waals surface area contributed by atoms with Crippen LogP contribution < -0.4 is 27.0 Å². The van der Waals surface area contributed by atoms with Crippen molar-refractivity contribution in [1.29, 1.82) is 0 Å². The minimum atomic E-state index is -1.48. The van der Waals surface area contributed by atoms with Crippen molar-refractivity contribution < 1.29 is 39.3 Å². The number of carboxylic acid groups (broad SMARTS) is 2. The van der Waals surface area contributed by atoms with Crippen molar-refractivity contribution in [2.24, 2.45) is 5.73 Å². The fourth-order valence-electron chi connectivity index (χ4n) is 3.21. The third kappa shape index (κ3) is 9.58. The number of amides is 3. The first-order valence-corrected chi connectivity index (χ1v) is 10.6. The largest absolute Gasteiger partial charge is 0.481 e. The van der Waals surface area contributed by atoms with Crippen LogP contribution in [-0.2, 0) is 24.0 Å². The molecule has 1 heterocycles. The van der Waals surface area contributed by atoms with E-state index in [-0.39, 0.29) is 12.8 Å². The quantitative estimate of drug-likeness (QED) is 0.118. The van der Waals surface area contributed by atoms with Crippen molar-refractivity contribution in [2.45, 2.75) is 69.1 Å². The molecule has 1 aliphatic heterocycles. The predicted octanol–water partition coefficient (Wildman–Crippen LogP) is -2.74. The molecule has 0 aromatic carbocycles. The number of hydrogen-bond acceptors (Lipinski definition) is 8. The molecule has 4 unspecified atom stereocenters. The van der Waals surface area contributed by atoms with Crippen molar-refractivity contribution >= 4 is 29.7 Å². The highest BCUT2D eigenvalue weighted by Crippen LogP contribution is 2.07. The van der Waals surface area contributed by atoms with E-state index in [1.165, 1.54) is 0 Å². The molecule has 13 nitrogen and oxygen atoms in total.